The van der Waals surface area contributed by atoms with Gasteiger partial charge in [-0.3, -0.25) is 0 Å². The quantitative estimate of drug-likeness (QED) is 0.725. The van der Waals surface area contributed by atoms with Crippen LogP contribution in [-0.4, -0.2) is 0 Å². The molecule has 0 nitrogen and oxygen atoms in total. The lowest BCUT2D eigenvalue weighted by atomic mass is 10.0. The Morgan fingerprint density at radius 1 is 0.882 bits per heavy atom. The van der Waals surface area contributed by atoms with Crippen LogP contribution in [0.4, 0.5) is 0 Å². The van der Waals surface area contributed by atoms with Crippen molar-refractivity contribution in [1.82, 2.24) is 0 Å². The molecule has 0 N–H and O–H groups in total. The van der Waals surface area contributed by atoms with E-state index in [0.717, 1.165) is 28.5 Å². The first-order valence-electron chi connectivity index (χ1n) is 5.65. The number of hydrogen-bond donors (Lipinski definition) is 0. The second kappa shape index (κ2) is 5.57. The van der Waals surface area contributed by atoms with Crippen molar-refractivity contribution >= 4 is 23.2 Å². The Morgan fingerprint density at radius 2 is 1.53 bits per heavy atom. The molecule has 2 heteroatoms. The van der Waals surface area contributed by atoms with E-state index in [4.69, 9.17) is 23.2 Å². The van der Waals surface area contributed by atoms with Crippen molar-refractivity contribution in [3.05, 3.63) is 69.2 Å². The molecule has 0 aliphatic carbocycles. The van der Waals surface area contributed by atoms with Gasteiger partial charge in [0.2, 0.25) is 0 Å². The van der Waals surface area contributed by atoms with E-state index in [2.05, 4.69) is 31.2 Å². The zero-order valence-corrected chi connectivity index (χ0v) is 11.2. The zero-order chi connectivity index (χ0) is 12.3. The normalized spacial score (nSPS) is 10.5. The maximum absolute atomic E-state index is 6.14. The van der Waals surface area contributed by atoms with E-state index in [1.807, 2.05) is 18.2 Å². The average molecular weight is 265 g/mol. The SMILES string of the molecule is Cc1cccc(CCc2c(Cl)cccc2Cl)c1. The summed E-state index contributed by atoms with van der Waals surface area (Å²) >= 11 is 12.3. The molecule has 2 rings (SSSR count). The van der Waals surface area contributed by atoms with Gasteiger partial charge in [-0.25, -0.2) is 0 Å². The molecule has 0 aliphatic heterocycles. The molecule has 0 aromatic heterocycles. The lowest BCUT2D eigenvalue weighted by Gasteiger charge is -2.07. The van der Waals surface area contributed by atoms with Gasteiger partial charge in [-0.05, 0) is 43.0 Å². The van der Waals surface area contributed by atoms with E-state index >= 15 is 0 Å². The first-order valence-corrected chi connectivity index (χ1v) is 6.41. The van der Waals surface area contributed by atoms with Gasteiger partial charge >= 0.3 is 0 Å². The minimum absolute atomic E-state index is 0.755. The fraction of sp³-hybridized carbons (Fsp3) is 0.200. The van der Waals surface area contributed by atoms with Gasteiger partial charge in [-0.2, -0.15) is 0 Å². The van der Waals surface area contributed by atoms with Crippen molar-refractivity contribution in [3.63, 3.8) is 0 Å². The van der Waals surface area contributed by atoms with Crippen molar-refractivity contribution in [2.45, 2.75) is 19.8 Å². The van der Waals surface area contributed by atoms with E-state index in [-0.39, 0.29) is 0 Å². The lowest BCUT2D eigenvalue weighted by molar-refractivity contribution is 0.958. The predicted molar refractivity (Wildman–Crippen MR) is 75.0 cm³/mol. The van der Waals surface area contributed by atoms with Crippen LogP contribution in [0.15, 0.2) is 42.5 Å². The van der Waals surface area contributed by atoms with Crippen molar-refractivity contribution in [2.75, 3.05) is 0 Å². The molecule has 0 atom stereocenters. The summed E-state index contributed by atoms with van der Waals surface area (Å²) in [5.41, 5.74) is 3.64. The van der Waals surface area contributed by atoms with Gasteiger partial charge < -0.3 is 0 Å². The molecule has 0 spiro atoms. The van der Waals surface area contributed by atoms with Crippen molar-refractivity contribution < 1.29 is 0 Å². The first kappa shape index (κ1) is 12.5. The van der Waals surface area contributed by atoms with Crippen LogP contribution in [0.2, 0.25) is 10.0 Å². The fourth-order valence-electron chi connectivity index (χ4n) is 1.91. The summed E-state index contributed by atoms with van der Waals surface area (Å²) < 4.78 is 0. The Balaban J connectivity index is 2.13. The van der Waals surface area contributed by atoms with E-state index in [1.165, 1.54) is 11.1 Å². The van der Waals surface area contributed by atoms with E-state index in [9.17, 15) is 0 Å². The van der Waals surface area contributed by atoms with Crippen LogP contribution in [0.3, 0.4) is 0 Å². The predicted octanol–water partition coefficient (Wildman–Crippen LogP) is 5.09. The first-order chi connectivity index (χ1) is 8.16. The monoisotopic (exact) mass is 264 g/mol. The second-order valence-corrected chi connectivity index (χ2v) is 5.00. The van der Waals surface area contributed by atoms with Crippen molar-refractivity contribution in [3.8, 4) is 0 Å². The number of aryl methyl sites for hydroxylation is 2. The van der Waals surface area contributed by atoms with Gasteiger partial charge in [-0.1, -0.05) is 59.1 Å². The third-order valence-electron chi connectivity index (χ3n) is 2.81. The third-order valence-corrected chi connectivity index (χ3v) is 3.52. The number of hydrogen-bond acceptors (Lipinski definition) is 0. The molecule has 88 valence electrons. The van der Waals surface area contributed by atoms with Gasteiger partial charge in [-0.15, -0.1) is 0 Å². The van der Waals surface area contributed by atoms with Crippen LogP contribution >= 0.6 is 23.2 Å². The van der Waals surface area contributed by atoms with E-state index in [1.54, 1.807) is 0 Å². The molecule has 0 aliphatic rings. The number of rotatable bonds is 3. The fourth-order valence-corrected chi connectivity index (χ4v) is 2.49. The molecule has 0 fully saturated rings. The molecule has 2 aromatic rings. The molecular formula is C15H14Cl2. The standard InChI is InChI=1S/C15H14Cl2/c1-11-4-2-5-12(10-11)8-9-13-14(16)6-3-7-15(13)17/h2-7,10H,8-9H2,1H3. The summed E-state index contributed by atoms with van der Waals surface area (Å²) in [6.07, 6.45) is 1.84. The second-order valence-electron chi connectivity index (χ2n) is 4.19. The highest BCUT2D eigenvalue weighted by atomic mass is 35.5. The number of halogens is 2. The van der Waals surface area contributed by atoms with Gasteiger partial charge in [0.1, 0.15) is 0 Å². The summed E-state index contributed by atoms with van der Waals surface area (Å²) in [4.78, 5) is 0. The largest absolute Gasteiger partial charge is 0.0840 e. The highest BCUT2D eigenvalue weighted by molar-refractivity contribution is 6.35. The minimum atomic E-state index is 0.755. The highest BCUT2D eigenvalue weighted by Crippen LogP contribution is 2.25. The molecule has 0 saturated carbocycles. The molecule has 17 heavy (non-hydrogen) atoms. The topological polar surface area (TPSA) is 0 Å². The Labute approximate surface area is 112 Å². The minimum Gasteiger partial charge on any atom is -0.0840 e. The highest BCUT2D eigenvalue weighted by Gasteiger charge is 2.05. The van der Waals surface area contributed by atoms with Crippen LogP contribution in [0.25, 0.3) is 0 Å². The molecule has 0 heterocycles. The molecule has 0 saturated heterocycles. The van der Waals surface area contributed by atoms with Crippen LogP contribution in [0.1, 0.15) is 16.7 Å². The Bertz CT molecular complexity index is 498. The van der Waals surface area contributed by atoms with Crippen molar-refractivity contribution in [1.29, 1.82) is 0 Å². The molecule has 0 radical (unpaired) electrons. The van der Waals surface area contributed by atoms with E-state index in [0.29, 0.717) is 0 Å². The maximum atomic E-state index is 6.14. The molecular weight excluding hydrogens is 251 g/mol. The Morgan fingerprint density at radius 3 is 2.18 bits per heavy atom. The van der Waals surface area contributed by atoms with Crippen LogP contribution in [0.5, 0.6) is 0 Å². The van der Waals surface area contributed by atoms with E-state index < -0.39 is 0 Å². The third kappa shape index (κ3) is 3.24. The Hall–Kier alpha value is -0.980. The molecule has 0 unspecified atom stereocenters. The zero-order valence-electron chi connectivity index (χ0n) is 9.71. The Kier molecular flexibility index (Phi) is 4.09. The summed E-state index contributed by atoms with van der Waals surface area (Å²) in [7, 11) is 0. The summed E-state index contributed by atoms with van der Waals surface area (Å²) in [6.45, 7) is 2.10. The van der Waals surface area contributed by atoms with Crippen LogP contribution in [0, 0.1) is 6.92 Å². The number of benzene rings is 2. The van der Waals surface area contributed by atoms with Gasteiger partial charge in [0.05, 0.1) is 0 Å². The molecule has 0 bridgehead atoms. The van der Waals surface area contributed by atoms with Gasteiger partial charge in [0.15, 0.2) is 0 Å². The molecule has 2 aromatic carbocycles. The molecule has 0 amide bonds. The maximum Gasteiger partial charge on any atom is 0.0452 e. The smallest absolute Gasteiger partial charge is 0.0452 e. The summed E-state index contributed by atoms with van der Waals surface area (Å²) in [6, 6.07) is 14.2. The van der Waals surface area contributed by atoms with Crippen LogP contribution in [-0.2, 0) is 12.8 Å². The van der Waals surface area contributed by atoms with Gasteiger partial charge in [0.25, 0.3) is 0 Å². The van der Waals surface area contributed by atoms with Crippen LogP contribution < -0.4 is 0 Å². The summed E-state index contributed by atoms with van der Waals surface area (Å²) in [5, 5.41) is 1.51. The average Bonchev–Trinajstić information content (AvgIpc) is 2.28. The summed E-state index contributed by atoms with van der Waals surface area (Å²) in [5.74, 6) is 0. The van der Waals surface area contributed by atoms with Gasteiger partial charge in [0, 0.05) is 10.0 Å². The van der Waals surface area contributed by atoms with Crippen molar-refractivity contribution in [2.24, 2.45) is 0 Å². The lowest BCUT2D eigenvalue weighted by Crippen LogP contribution is -1.93.